The average Bonchev–Trinajstić information content (AvgIpc) is 2.47. The van der Waals surface area contributed by atoms with Gasteiger partial charge in [0.2, 0.25) is 17.6 Å². The molecule has 0 radical (unpaired) electrons. The molecule has 0 aliphatic carbocycles. The van der Waals surface area contributed by atoms with Crippen molar-refractivity contribution in [1.82, 2.24) is 15.0 Å². The predicted octanol–water partition coefficient (Wildman–Crippen LogP) is 1.68. The van der Waals surface area contributed by atoms with E-state index in [-0.39, 0.29) is 17.4 Å². The van der Waals surface area contributed by atoms with E-state index in [0.29, 0.717) is 11.9 Å². The van der Waals surface area contributed by atoms with Crippen LogP contribution in [0.4, 0.5) is 17.6 Å². The van der Waals surface area contributed by atoms with Gasteiger partial charge in [-0.3, -0.25) is 10.1 Å². The maximum Gasteiger partial charge on any atom is 0.328 e. The third-order valence-corrected chi connectivity index (χ3v) is 2.49. The normalized spacial score (nSPS) is 10.0. The SMILES string of the molecule is CNc1nc(Oc2ccccc2[N+](=O)[O-])nc(N(C)C)n1. The minimum absolute atomic E-state index is 0.0210. The molecule has 0 aliphatic heterocycles. The standard InChI is InChI=1S/C12H14N6O3/c1-13-10-14-11(17(2)3)16-12(15-10)21-9-7-5-4-6-8(9)18(19)20/h4-7H,1-3H3,(H,13,14,15,16). The van der Waals surface area contributed by atoms with E-state index in [4.69, 9.17) is 4.74 Å². The van der Waals surface area contributed by atoms with E-state index >= 15 is 0 Å². The van der Waals surface area contributed by atoms with Crippen molar-refractivity contribution in [3.63, 3.8) is 0 Å². The van der Waals surface area contributed by atoms with Gasteiger partial charge in [-0.25, -0.2) is 0 Å². The minimum Gasteiger partial charge on any atom is -0.417 e. The van der Waals surface area contributed by atoms with E-state index in [9.17, 15) is 10.1 Å². The molecule has 0 atom stereocenters. The molecule has 1 aromatic carbocycles. The number of hydrogen-bond donors (Lipinski definition) is 1. The van der Waals surface area contributed by atoms with Crippen LogP contribution in [0.25, 0.3) is 0 Å². The molecular formula is C12H14N6O3. The molecule has 0 saturated carbocycles. The summed E-state index contributed by atoms with van der Waals surface area (Å²) in [6.07, 6.45) is 0. The summed E-state index contributed by atoms with van der Waals surface area (Å²) in [5, 5.41) is 13.7. The van der Waals surface area contributed by atoms with E-state index in [1.807, 2.05) is 0 Å². The van der Waals surface area contributed by atoms with Crippen molar-refractivity contribution >= 4 is 17.6 Å². The molecular weight excluding hydrogens is 276 g/mol. The summed E-state index contributed by atoms with van der Waals surface area (Å²) in [5.41, 5.74) is -0.157. The van der Waals surface area contributed by atoms with E-state index in [1.54, 1.807) is 38.2 Å². The summed E-state index contributed by atoms with van der Waals surface area (Å²) in [6.45, 7) is 0. The summed E-state index contributed by atoms with van der Waals surface area (Å²) in [4.78, 5) is 24.4. The van der Waals surface area contributed by atoms with Crippen molar-refractivity contribution in [1.29, 1.82) is 0 Å². The summed E-state index contributed by atoms with van der Waals surface area (Å²) in [6, 6.07) is 6.00. The molecule has 0 unspecified atom stereocenters. The number of anilines is 2. The van der Waals surface area contributed by atoms with Crippen LogP contribution in [-0.4, -0.2) is 41.0 Å². The summed E-state index contributed by atoms with van der Waals surface area (Å²) in [7, 11) is 5.19. The molecule has 0 fully saturated rings. The number of para-hydroxylation sites is 2. The van der Waals surface area contributed by atoms with Gasteiger partial charge in [0.15, 0.2) is 0 Å². The number of nitrogens with zero attached hydrogens (tertiary/aromatic N) is 5. The second-order valence-electron chi connectivity index (χ2n) is 4.21. The average molecular weight is 290 g/mol. The van der Waals surface area contributed by atoms with Gasteiger partial charge in [-0.15, -0.1) is 0 Å². The number of nitro benzene ring substituents is 1. The fraction of sp³-hybridized carbons (Fsp3) is 0.250. The highest BCUT2D eigenvalue weighted by Gasteiger charge is 2.17. The van der Waals surface area contributed by atoms with Gasteiger partial charge in [0.25, 0.3) is 0 Å². The highest BCUT2D eigenvalue weighted by Crippen LogP contribution is 2.29. The van der Waals surface area contributed by atoms with Gasteiger partial charge in [0, 0.05) is 27.2 Å². The Hall–Kier alpha value is -2.97. The Bertz CT molecular complexity index is 661. The lowest BCUT2D eigenvalue weighted by molar-refractivity contribution is -0.385. The van der Waals surface area contributed by atoms with Crippen LogP contribution in [0.2, 0.25) is 0 Å². The highest BCUT2D eigenvalue weighted by molar-refractivity contribution is 5.47. The van der Waals surface area contributed by atoms with Gasteiger partial charge >= 0.3 is 11.7 Å². The van der Waals surface area contributed by atoms with Crippen molar-refractivity contribution in [2.24, 2.45) is 0 Å². The van der Waals surface area contributed by atoms with Gasteiger partial charge in [-0.2, -0.15) is 15.0 Å². The molecule has 0 aliphatic rings. The Morgan fingerprint density at radius 3 is 2.57 bits per heavy atom. The monoisotopic (exact) mass is 290 g/mol. The number of aromatic nitrogens is 3. The molecule has 1 aromatic heterocycles. The number of nitro groups is 1. The minimum atomic E-state index is -0.525. The number of hydrogen-bond acceptors (Lipinski definition) is 8. The molecule has 1 N–H and O–H groups in total. The molecule has 0 saturated heterocycles. The zero-order chi connectivity index (χ0) is 15.4. The van der Waals surface area contributed by atoms with Gasteiger partial charge in [-0.05, 0) is 6.07 Å². The van der Waals surface area contributed by atoms with E-state index in [0.717, 1.165) is 0 Å². The van der Waals surface area contributed by atoms with Crippen LogP contribution in [0.1, 0.15) is 0 Å². The van der Waals surface area contributed by atoms with Crippen LogP contribution >= 0.6 is 0 Å². The molecule has 0 spiro atoms. The second-order valence-corrected chi connectivity index (χ2v) is 4.21. The molecule has 9 heteroatoms. The maximum atomic E-state index is 11.0. The summed E-state index contributed by atoms with van der Waals surface area (Å²) in [5.74, 6) is 0.755. The first-order valence-corrected chi connectivity index (χ1v) is 6.03. The predicted molar refractivity (Wildman–Crippen MR) is 76.9 cm³/mol. The summed E-state index contributed by atoms with van der Waals surface area (Å²) >= 11 is 0. The highest BCUT2D eigenvalue weighted by atomic mass is 16.6. The third kappa shape index (κ3) is 3.32. The Labute approximate surface area is 120 Å². The van der Waals surface area contributed by atoms with Crippen LogP contribution in [0.3, 0.4) is 0 Å². The number of nitrogens with one attached hydrogen (secondary N) is 1. The molecule has 110 valence electrons. The van der Waals surface area contributed by atoms with Crippen LogP contribution in [0.15, 0.2) is 24.3 Å². The van der Waals surface area contributed by atoms with Crippen LogP contribution in [0.5, 0.6) is 11.8 Å². The van der Waals surface area contributed by atoms with Gasteiger partial charge < -0.3 is 15.0 Å². The molecule has 0 amide bonds. The number of benzene rings is 1. The van der Waals surface area contributed by atoms with Crippen molar-refractivity contribution in [2.45, 2.75) is 0 Å². The Morgan fingerprint density at radius 2 is 1.95 bits per heavy atom. The summed E-state index contributed by atoms with van der Waals surface area (Å²) < 4.78 is 5.43. The second kappa shape index (κ2) is 5.99. The van der Waals surface area contributed by atoms with Crippen molar-refractivity contribution in [3.8, 4) is 11.8 Å². The first-order chi connectivity index (χ1) is 10.0. The first kappa shape index (κ1) is 14.4. The fourth-order valence-corrected chi connectivity index (χ4v) is 1.50. The van der Waals surface area contributed by atoms with Crippen molar-refractivity contribution in [2.75, 3.05) is 31.4 Å². The van der Waals surface area contributed by atoms with E-state index < -0.39 is 4.92 Å². The lowest BCUT2D eigenvalue weighted by Gasteiger charge is -2.12. The Kier molecular flexibility index (Phi) is 4.12. The number of rotatable bonds is 5. The topological polar surface area (TPSA) is 106 Å². The fourth-order valence-electron chi connectivity index (χ4n) is 1.50. The molecule has 21 heavy (non-hydrogen) atoms. The number of ether oxygens (including phenoxy) is 1. The van der Waals surface area contributed by atoms with Gasteiger partial charge in [0.05, 0.1) is 4.92 Å². The van der Waals surface area contributed by atoms with Crippen LogP contribution in [-0.2, 0) is 0 Å². The molecule has 2 rings (SSSR count). The Balaban J connectivity index is 2.40. The molecule has 2 aromatic rings. The zero-order valence-corrected chi connectivity index (χ0v) is 11.8. The smallest absolute Gasteiger partial charge is 0.328 e. The third-order valence-electron chi connectivity index (χ3n) is 2.49. The maximum absolute atomic E-state index is 11.0. The zero-order valence-electron chi connectivity index (χ0n) is 11.8. The van der Waals surface area contributed by atoms with Gasteiger partial charge in [0.1, 0.15) is 0 Å². The van der Waals surface area contributed by atoms with Crippen molar-refractivity contribution < 1.29 is 9.66 Å². The molecule has 0 bridgehead atoms. The Morgan fingerprint density at radius 1 is 1.24 bits per heavy atom. The van der Waals surface area contributed by atoms with Gasteiger partial charge in [-0.1, -0.05) is 12.1 Å². The quantitative estimate of drug-likeness (QED) is 0.654. The molecule has 1 heterocycles. The molecule has 9 nitrogen and oxygen atoms in total. The van der Waals surface area contributed by atoms with Crippen molar-refractivity contribution in [3.05, 3.63) is 34.4 Å². The van der Waals surface area contributed by atoms with Crippen LogP contribution < -0.4 is 15.0 Å². The first-order valence-electron chi connectivity index (χ1n) is 6.03. The van der Waals surface area contributed by atoms with E-state index in [1.165, 1.54) is 12.1 Å². The van der Waals surface area contributed by atoms with E-state index in [2.05, 4.69) is 20.3 Å². The van der Waals surface area contributed by atoms with Crippen LogP contribution in [0, 0.1) is 10.1 Å². The lowest BCUT2D eigenvalue weighted by atomic mass is 10.3. The lowest BCUT2D eigenvalue weighted by Crippen LogP contribution is -2.15. The largest absolute Gasteiger partial charge is 0.417 e.